The van der Waals surface area contributed by atoms with Crippen LogP contribution in [0.15, 0.2) is 36.5 Å². The summed E-state index contributed by atoms with van der Waals surface area (Å²) in [4.78, 5) is 14.1. The molecule has 2 heterocycles. The Morgan fingerprint density at radius 1 is 1.35 bits per heavy atom. The number of fused-ring (bicyclic) bond motifs is 1. The van der Waals surface area contributed by atoms with E-state index in [2.05, 4.69) is 51.9 Å². The number of nitrogens with zero attached hydrogens (tertiary/aromatic N) is 1. The molecule has 5 nitrogen and oxygen atoms in total. The smallest absolute Gasteiger partial charge is 0.271 e. The molecule has 3 rings (SSSR count). The van der Waals surface area contributed by atoms with Gasteiger partial charge in [-0.3, -0.25) is 9.69 Å². The Hall–Kier alpha value is -1.50. The van der Waals surface area contributed by atoms with Crippen molar-refractivity contribution in [2.45, 2.75) is 18.1 Å². The molecular formula is C14H18N4OS. The summed E-state index contributed by atoms with van der Waals surface area (Å²) in [7, 11) is 0. The second-order valence-electron chi connectivity index (χ2n) is 4.97. The summed E-state index contributed by atoms with van der Waals surface area (Å²) in [6, 6.07) is 8.45. The molecule has 0 aromatic heterocycles. The molecule has 3 N–H and O–H groups in total. The van der Waals surface area contributed by atoms with Gasteiger partial charge >= 0.3 is 0 Å². The number of rotatable bonds is 2. The summed E-state index contributed by atoms with van der Waals surface area (Å²) in [6.07, 6.45) is 2.96. The van der Waals surface area contributed by atoms with Gasteiger partial charge < -0.3 is 10.7 Å². The van der Waals surface area contributed by atoms with Crippen molar-refractivity contribution in [1.29, 1.82) is 0 Å². The molecule has 0 radical (unpaired) electrons. The Morgan fingerprint density at radius 2 is 2.10 bits per heavy atom. The standard InChI is InChI=1S/C14H18N4OS/c1-10-13(19)15-14(20-2,17-16-10)18-8-7-11-5-3-4-6-12(11)9-18/h3-6,16-17H,1,7-9H2,2H3,(H,15,19). The minimum Gasteiger partial charge on any atom is -0.313 e. The number of benzene rings is 1. The quantitative estimate of drug-likeness (QED) is 0.702. The van der Waals surface area contributed by atoms with Crippen molar-refractivity contribution in [3.8, 4) is 0 Å². The molecule has 0 bridgehead atoms. The normalized spacial score (nSPS) is 26.6. The van der Waals surface area contributed by atoms with Crippen LogP contribution in [0.1, 0.15) is 11.1 Å². The Kier molecular flexibility index (Phi) is 3.45. The Morgan fingerprint density at radius 3 is 2.80 bits per heavy atom. The predicted octanol–water partition coefficient (Wildman–Crippen LogP) is 0.757. The zero-order valence-corrected chi connectivity index (χ0v) is 12.2. The highest BCUT2D eigenvalue weighted by Gasteiger charge is 2.42. The van der Waals surface area contributed by atoms with Gasteiger partial charge in [0.25, 0.3) is 5.91 Å². The molecule has 6 heteroatoms. The summed E-state index contributed by atoms with van der Waals surface area (Å²) in [5, 5.41) is 2.37. The topological polar surface area (TPSA) is 56.4 Å². The van der Waals surface area contributed by atoms with E-state index in [0.717, 1.165) is 19.5 Å². The Balaban J connectivity index is 1.85. The van der Waals surface area contributed by atoms with Gasteiger partial charge in [-0.2, -0.15) is 5.43 Å². The summed E-state index contributed by atoms with van der Waals surface area (Å²) in [5.74, 6) is -0.169. The minimum absolute atomic E-state index is 0.169. The van der Waals surface area contributed by atoms with E-state index in [1.807, 2.05) is 6.26 Å². The first-order valence-electron chi connectivity index (χ1n) is 6.56. The number of amides is 1. The molecule has 106 valence electrons. The maximum atomic E-state index is 11.9. The van der Waals surface area contributed by atoms with Crippen LogP contribution >= 0.6 is 11.8 Å². The van der Waals surface area contributed by atoms with Gasteiger partial charge in [0.05, 0.1) is 0 Å². The van der Waals surface area contributed by atoms with Crippen molar-refractivity contribution < 1.29 is 4.79 Å². The number of hydrogen-bond donors (Lipinski definition) is 3. The number of hydrazine groups is 1. The monoisotopic (exact) mass is 290 g/mol. The molecule has 1 saturated heterocycles. The van der Waals surface area contributed by atoms with E-state index in [4.69, 9.17) is 0 Å². The second-order valence-corrected chi connectivity index (χ2v) is 5.97. The summed E-state index contributed by atoms with van der Waals surface area (Å²) in [5.41, 5.74) is 9.09. The van der Waals surface area contributed by atoms with Gasteiger partial charge in [-0.05, 0) is 23.8 Å². The number of thioether (sulfide) groups is 1. The third-order valence-electron chi connectivity index (χ3n) is 3.81. The number of nitrogens with one attached hydrogen (secondary N) is 3. The van der Waals surface area contributed by atoms with E-state index in [1.165, 1.54) is 11.1 Å². The van der Waals surface area contributed by atoms with Gasteiger partial charge in [0.1, 0.15) is 5.70 Å². The molecule has 0 saturated carbocycles. The average Bonchev–Trinajstić information content (AvgIpc) is 2.50. The van der Waals surface area contributed by atoms with E-state index >= 15 is 0 Å². The lowest BCUT2D eigenvalue weighted by Crippen LogP contribution is -2.74. The molecule has 1 aromatic carbocycles. The lowest BCUT2D eigenvalue weighted by Gasteiger charge is -2.47. The number of hydrogen-bond acceptors (Lipinski definition) is 5. The summed E-state index contributed by atoms with van der Waals surface area (Å²) < 4.78 is 0. The highest BCUT2D eigenvalue weighted by molar-refractivity contribution is 7.99. The summed E-state index contributed by atoms with van der Waals surface area (Å²) >= 11 is 1.56. The van der Waals surface area contributed by atoms with Crippen LogP contribution in [0.3, 0.4) is 0 Å². The van der Waals surface area contributed by atoms with Crippen molar-refractivity contribution >= 4 is 17.7 Å². The largest absolute Gasteiger partial charge is 0.313 e. The van der Waals surface area contributed by atoms with Crippen LogP contribution in [0.5, 0.6) is 0 Å². The second kappa shape index (κ2) is 5.12. The predicted molar refractivity (Wildman–Crippen MR) is 80.4 cm³/mol. The van der Waals surface area contributed by atoms with Crippen LogP contribution in [-0.4, -0.2) is 28.7 Å². The van der Waals surface area contributed by atoms with Crippen LogP contribution < -0.4 is 16.2 Å². The van der Waals surface area contributed by atoms with E-state index in [0.29, 0.717) is 5.70 Å². The lowest BCUT2D eigenvalue weighted by molar-refractivity contribution is -0.124. The fourth-order valence-corrected chi connectivity index (χ4v) is 3.39. The van der Waals surface area contributed by atoms with Gasteiger partial charge in [-0.25, -0.2) is 0 Å². The van der Waals surface area contributed by atoms with Gasteiger partial charge in [0.2, 0.25) is 5.12 Å². The van der Waals surface area contributed by atoms with Gasteiger partial charge in [0, 0.05) is 13.1 Å². The average molecular weight is 290 g/mol. The maximum absolute atomic E-state index is 11.9. The Bertz CT molecular complexity index is 562. The molecular weight excluding hydrogens is 272 g/mol. The summed E-state index contributed by atoms with van der Waals surface area (Å²) in [6.45, 7) is 5.35. The molecule has 20 heavy (non-hydrogen) atoms. The lowest BCUT2D eigenvalue weighted by atomic mass is 10.00. The molecule has 1 aromatic rings. The zero-order valence-electron chi connectivity index (χ0n) is 11.4. The van der Waals surface area contributed by atoms with Crippen molar-refractivity contribution in [3.63, 3.8) is 0 Å². The fourth-order valence-electron chi connectivity index (χ4n) is 2.63. The highest BCUT2D eigenvalue weighted by Crippen LogP contribution is 2.29. The van der Waals surface area contributed by atoms with Gasteiger partial charge in [0.15, 0.2) is 0 Å². The Labute approximate surface area is 122 Å². The van der Waals surface area contributed by atoms with E-state index in [9.17, 15) is 4.79 Å². The van der Waals surface area contributed by atoms with Crippen molar-refractivity contribution in [2.24, 2.45) is 0 Å². The molecule has 1 atom stereocenters. The van der Waals surface area contributed by atoms with Crippen LogP contribution in [-0.2, 0) is 17.8 Å². The van der Waals surface area contributed by atoms with Gasteiger partial charge in [-0.15, -0.1) is 11.8 Å². The SMILES string of the molecule is C=C1NNC(SC)(N2CCc3ccccc3C2)NC1=O. The van der Waals surface area contributed by atoms with E-state index in [-0.39, 0.29) is 5.91 Å². The van der Waals surface area contributed by atoms with E-state index < -0.39 is 5.12 Å². The third-order valence-corrected chi connectivity index (χ3v) is 4.86. The molecule has 0 aliphatic carbocycles. The van der Waals surface area contributed by atoms with Crippen molar-refractivity contribution in [2.75, 3.05) is 12.8 Å². The van der Waals surface area contributed by atoms with Crippen molar-refractivity contribution in [3.05, 3.63) is 47.7 Å². The zero-order chi connectivity index (χ0) is 14.2. The molecule has 2 aliphatic rings. The first-order chi connectivity index (χ1) is 9.64. The third kappa shape index (κ3) is 2.19. The van der Waals surface area contributed by atoms with Crippen molar-refractivity contribution in [1.82, 2.24) is 21.1 Å². The van der Waals surface area contributed by atoms with Crippen LogP contribution in [0, 0.1) is 0 Å². The molecule has 1 unspecified atom stereocenters. The molecule has 2 aliphatic heterocycles. The van der Waals surface area contributed by atoms with Gasteiger partial charge in [-0.1, -0.05) is 30.8 Å². The number of carbonyl (C=O) groups is 1. The maximum Gasteiger partial charge on any atom is 0.271 e. The van der Waals surface area contributed by atoms with Crippen LogP contribution in [0.2, 0.25) is 0 Å². The number of carbonyl (C=O) groups excluding carboxylic acids is 1. The van der Waals surface area contributed by atoms with Crippen LogP contribution in [0.25, 0.3) is 0 Å². The molecule has 1 fully saturated rings. The van der Waals surface area contributed by atoms with E-state index in [1.54, 1.807) is 11.8 Å². The minimum atomic E-state index is -0.633. The first kappa shape index (κ1) is 13.5. The van der Waals surface area contributed by atoms with Crippen LogP contribution in [0.4, 0.5) is 0 Å². The first-order valence-corrected chi connectivity index (χ1v) is 7.79. The highest BCUT2D eigenvalue weighted by atomic mass is 32.2. The fraction of sp³-hybridized carbons (Fsp3) is 0.357. The molecule has 0 spiro atoms. The molecule has 1 amide bonds.